The highest BCUT2D eigenvalue weighted by molar-refractivity contribution is 5.99. The maximum atomic E-state index is 5.74. The summed E-state index contributed by atoms with van der Waals surface area (Å²) in [6.45, 7) is 5.46. The fourth-order valence-electron chi connectivity index (χ4n) is 4.50. The zero-order valence-corrected chi connectivity index (χ0v) is 19.2. The van der Waals surface area contributed by atoms with Crippen molar-refractivity contribution in [2.75, 3.05) is 47.1 Å². The summed E-state index contributed by atoms with van der Waals surface area (Å²) in [5.74, 6) is 1.73. The number of benzene rings is 2. The first-order valence-corrected chi connectivity index (χ1v) is 11.3. The Balaban J connectivity index is 1.52. The molecule has 1 saturated heterocycles. The summed E-state index contributed by atoms with van der Waals surface area (Å²) in [5, 5.41) is 1.17. The topological polar surface area (TPSA) is 48.8 Å². The third-order valence-electron chi connectivity index (χ3n) is 6.31. The number of morpholine rings is 1. The van der Waals surface area contributed by atoms with Crippen LogP contribution in [-0.2, 0) is 11.3 Å². The Morgan fingerprint density at radius 3 is 2.42 bits per heavy atom. The van der Waals surface area contributed by atoms with Crippen LogP contribution in [0.3, 0.4) is 0 Å². The van der Waals surface area contributed by atoms with Crippen molar-refractivity contribution in [2.45, 2.75) is 6.54 Å². The number of aromatic nitrogens is 2. The number of fused-ring (bicyclic) bond motifs is 1. The molecule has 0 radical (unpaired) electrons. The largest absolute Gasteiger partial charge is 0.497 e. The van der Waals surface area contributed by atoms with Crippen LogP contribution in [0.2, 0.25) is 0 Å². The Morgan fingerprint density at radius 1 is 0.879 bits per heavy atom. The third-order valence-corrected chi connectivity index (χ3v) is 6.31. The van der Waals surface area contributed by atoms with Gasteiger partial charge in [-0.15, -0.1) is 0 Å². The first-order chi connectivity index (χ1) is 16.3. The predicted molar refractivity (Wildman–Crippen MR) is 131 cm³/mol. The van der Waals surface area contributed by atoms with E-state index in [-0.39, 0.29) is 0 Å². The van der Waals surface area contributed by atoms with E-state index in [9.17, 15) is 0 Å². The molecule has 3 heterocycles. The van der Waals surface area contributed by atoms with Crippen LogP contribution in [0.25, 0.3) is 33.2 Å². The van der Waals surface area contributed by atoms with Gasteiger partial charge in [-0.2, -0.15) is 0 Å². The van der Waals surface area contributed by atoms with Gasteiger partial charge in [-0.25, -0.2) is 0 Å². The second kappa shape index (κ2) is 9.65. The third kappa shape index (κ3) is 4.45. The Bertz CT molecular complexity index is 1230. The molecule has 4 aromatic rings. The zero-order chi connectivity index (χ0) is 22.6. The lowest BCUT2D eigenvalue weighted by Gasteiger charge is -2.26. The number of pyridine rings is 1. The number of methoxy groups -OCH3 is 2. The molecule has 2 aromatic carbocycles. The summed E-state index contributed by atoms with van der Waals surface area (Å²) < 4.78 is 18.9. The van der Waals surface area contributed by atoms with Crippen molar-refractivity contribution < 1.29 is 14.2 Å². The van der Waals surface area contributed by atoms with Crippen LogP contribution in [0, 0.1) is 0 Å². The monoisotopic (exact) mass is 443 g/mol. The molecule has 0 saturated carbocycles. The van der Waals surface area contributed by atoms with Crippen LogP contribution in [0.1, 0.15) is 0 Å². The van der Waals surface area contributed by atoms with E-state index in [1.165, 1.54) is 5.39 Å². The lowest BCUT2D eigenvalue weighted by molar-refractivity contribution is 0.0365. The van der Waals surface area contributed by atoms with Crippen molar-refractivity contribution in [1.29, 1.82) is 0 Å². The normalized spacial score (nSPS) is 14.5. The highest BCUT2D eigenvalue weighted by Crippen LogP contribution is 2.36. The fourth-order valence-corrected chi connectivity index (χ4v) is 4.50. The van der Waals surface area contributed by atoms with Gasteiger partial charge >= 0.3 is 0 Å². The van der Waals surface area contributed by atoms with Gasteiger partial charge in [0.1, 0.15) is 11.5 Å². The average Bonchev–Trinajstić information content (AvgIpc) is 3.27. The molecule has 33 heavy (non-hydrogen) atoms. The number of hydrogen-bond acceptors (Lipinski definition) is 5. The second-order valence-electron chi connectivity index (χ2n) is 8.24. The molecule has 6 heteroatoms. The van der Waals surface area contributed by atoms with Crippen LogP contribution >= 0.6 is 0 Å². The molecular weight excluding hydrogens is 414 g/mol. The predicted octanol–water partition coefficient (Wildman–Crippen LogP) is 4.72. The minimum Gasteiger partial charge on any atom is -0.497 e. The van der Waals surface area contributed by atoms with Gasteiger partial charge in [0, 0.05) is 66.8 Å². The standard InChI is InChI=1S/C27H29N3O3/c1-31-23-8-6-20(7-9-23)21-16-22(18-28-17-21)25-19-30(11-10-29-12-14-33-15-13-29)27-24(25)4-3-5-26(27)32-2/h3-9,16-19H,10-15H2,1-2H3. The molecule has 2 aromatic heterocycles. The van der Waals surface area contributed by atoms with Crippen LogP contribution in [-0.4, -0.2) is 61.5 Å². The molecule has 5 rings (SSSR count). The van der Waals surface area contributed by atoms with E-state index < -0.39 is 0 Å². The first-order valence-electron chi connectivity index (χ1n) is 11.3. The Hall–Kier alpha value is -3.35. The van der Waals surface area contributed by atoms with E-state index in [1.54, 1.807) is 14.2 Å². The van der Waals surface area contributed by atoms with E-state index in [2.05, 4.69) is 51.0 Å². The van der Waals surface area contributed by atoms with Gasteiger partial charge < -0.3 is 18.8 Å². The van der Waals surface area contributed by atoms with Crippen LogP contribution in [0.4, 0.5) is 0 Å². The molecule has 0 unspecified atom stereocenters. The van der Waals surface area contributed by atoms with Gasteiger partial charge in [0.05, 0.1) is 33.0 Å². The molecular formula is C27H29N3O3. The summed E-state index contributed by atoms with van der Waals surface area (Å²) in [5.41, 5.74) is 5.56. The van der Waals surface area contributed by atoms with Gasteiger partial charge in [-0.05, 0) is 29.8 Å². The molecule has 1 aliphatic rings. The van der Waals surface area contributed by atoms with Gasteiger partial charge in [-0.3, -0.25) is 9.88 Å². The number of para-hydroxylation sites is 1. The minimum absolute atomic E-state index is 0.810. The highest BCUT2D eigenvalue weighted by Gasteiger charge is 2.17. The van der Waals surface area contributed by atoms with Gasteiger partial charge in [0.2, 0.25) is 0 Å². The summed E-state index contributed by atoms with van der Waals surface area (Å²) in [4.78, 5) is 7.02. The minimum atomic E-state index is 0.810. The lowest BCUT2D eigenvalue weighted by atomic mass is 10.0. The summed E-state index contributed by atoms with van der Waals surface area (Å²) in [7, 11) is 3.42. The van der Waals surface area contributed by atoms with E-state index in [1.807, 2.05) is 30.6 Å². The smallest absolute Gasteiger partial charge is 0.143 e. The average molecular weight is 444 g/mol. The van der Waals surface area contributed by atoms with E-state index in [0.29, 0.717) is 0 Å². The van der Waals surface area contributed by atoms with Crippen molar-refractivity contribution in [3.8, 4) is 33.8 Å². The van der Waals surface area contributed by atoms with E-state index in [4.69, 9.17) is 14.2 Å². The van der Waals surface area contributed by atoms with Crippen LogP contribution < -0.4 is 9.47 Å². The number of nitrogens with zero attached hydrogens (tertiary/aromatic N) is 3. The van der Waals surface area contributed by atoms with E-state index in [0.717, 1.165) is 78.7 Å². The van der Waals surface area contributed by atoms with Crippen molar-refractivity contribution in [3.05, 3.63) is 67.1 Å². The van der Waals surface area contributed by atoms with Crippen LogP contribution in [0.5, 0.6) is 11.5 Å². The van der Waals surface area contributed by atoms with Crippen molar-refractivity contribution in [1.82, 2.24) is 14.5 Å². The molecule has 170 valence electrons. The Labute approximate surface area is 194 Å². The molecule has 0 atom stereocenters. The van der Waals surface area contributed by atoms with E-state index >= 15 is 0 Å². The molecule has 0 amide bonds. The maximum Gasteiger partial charge on any atom is 0.143 e. The second-order valence-corrected chi connectivity index (χ2v) is 8.24. The molecule has 6 nitrogen and oxygen atoms in total. The summed E-state index contributed by atoms with van der Waals surface area (Å²) in [6.07, 6.45) is 6.08. The highest BCUT2D eigenvalue weighted by atomic mass is 16.5. The number of hydrogen-bond donors (Lipinski definition) is 0. The maximum absolute atomic E-state index is 5.74. The Kier molecular flexibility index (Phi) is 6.28. The van der Waals surface area contributed by atoms with Crippen LogP contribution in [0.15, 0.2) is 67.1 Å². The molecule has 0 spiro atoms. The summed E-state index contributed by atoms with van der Waals surface area (Å²) in [6, 6.07) is 16.5. The Morgan fingerprint density at radius 2 is 1.67 bits per heavy atom. The molecule has 0 N–H and O–H groups in total. The molecule has 0 aliphatic carbocycles. The first kappa shape index (κ1) is 21.5. The molecule has 1 aliphatic heterocycles. The lowest BCUT2D eigenvalue weighted by Crippen LogP contribution is -2.38. The SMILES string of the molecule is COc1ccc(-c2cncc(-c3cn(CCN4CCOCC4)c4c(OC)cccc34)c2)cc1. The van der Waals surface area contributed by atoms with Crippen molar-refractivity contribution in [3.63, 3.8) is 0 Å². The molecule has 1 fully saturated rings. The fraction of sp³-hybridized carbons (Fsp3) is 0.296. The quantitative estimate of drug-likeness (QED) is 0.414. The van der Waals surface area contributed by atoms with Crippen molar-refractivity contribution >= 4 is 10.9 Å². The van der Waals surface area contributed by atoms with Gasteiger partial charge in [0.15, 0.2) is 0 Å². The zero-order valence-electron chi connectivity index (χ0n) is 19.2. The van der Waals surface area contributed by atoms with Crippen molar-refractivity contribution in [2.24, 2.45) is 0 Å². The molecule has 0 bridgehead atoms. The number of rotatable bonds is 7. The van der Waals surface area contributed by atoms with Gasteiger partial charge in [-0.1, -0.05) is 24.3 Å². The van der Waals surface area contributed by atoms with Gasteiger partial charge in [0.25, 0.3) is 0 Å². The number of ether oxygens (including phenoxy) is 3. The summed E-state index contributed by atoms with van der Waals surface area (Å²) >= 11 is 0.